The molecule has 1 aliphatic heterocycles. The minimum Gasteiger partial charge on any atom is -0.461 e. The first-order valence-electron chi connectivity index (χ1n) is 7.29. The summed E-state index contributed by atoms with van der Waals surface area (Å²) in [7, 11) is 0. The summed E-state index contributed by atoms with van der Waals surface area (Å²) in [5.41, 5.74) is 9.40. The molecule has 4 unspecified atom stereocenters. The van der Waals surface area contributed by atoms with Crippen molar-refractivity contribution in [3.8, 4) is 0 Å². The molecule has 25 heavy (non-hydrogen) atoms. The van der Waals surface area contributed by atoms with Crippen molar-refractivity contribution < 1.29 is 39.5 Å². The largest absolute Gasteiger partial charge is 0.461 e. The van der Waals surface area contributed by atoms with Crippen LogP contribution in [0.15, 0.2) is 16.4 Å². The van der Waals surface area contributed by atoms with Gasteiger partial charge in [-0.25, -0.2) is 9.79 Å². The number of hydrogen-bond acceptors (Lipinski definition) is 11. The van der Waals surface area contributed by atoms with Crippen LogP contribution in [0.3, 0.4) is 0 Å². The Hall–Kier alpha value is -2.25. The summed E-state index contributed by atoms with van der Waals surface area (Å²) < 4.78 is 9.73. The van der Waals surface area contributed by atoms with Gasteiger partial charge in [-0.2, -0.15) is 0 Å². The van der Waals surface area contributed by atoms with Gasteiger partial charge in [-0.1, -0.05) is 0 Å². The molecule has 1 saturated heterocycles. The summed E-state index contributed by atoms with van der Waals surface area (Å²) >= 11 is 0. The van der Waals surface area contributed by atoms with Crippen molar-refractivity contribution in [1.82, 2.24) is 5.32 Å². The van der Waals surface area contributed by atoms with E-state index in [-0.39, 0.29) is 6.61 Å². The number of nitrogens with two attached hydrogens (primary N) is 2. The van der Waals surface area contributed by atoms with Crippen LogP contribution in [-0.2, 0) is 19.1 Å². The summed E-state index contributed by atoms with van der Waals surface area (Å²) in [4.78, 5) is 27.3. The van der Waals surface area contributed by atoms with Crippen molar-refractivity contribution in [2.45, 2.75) is 31.5 Å². The van der Waals surface area contributed by atoms with Crippen molar-refractivity contribution in [2.24, 2.45) is 16.5 Å². The molecule has 0 bridgehead atoms. The molecular formula is C13H22N4O8. The summed E-state index contributed by atoms with van der Waals surface area (Å²) in [6.45, 7) is 0.141. The van der Waals surface area contributed by atoms with E-state index in [4.69, 9.17) is 26.4 Å². The van der Waals surface area contributed by atoms with Gasteiger partial charge in [0.25, 0.3) is 5.91 Å². The Morgan fingerprint density at radius 1 is 1.20 bits per heavy atom. The molecular weight excluding hydrogens is 340 g/mol. The second kappa shape index (κ2) is 9.29. The van der Waals surface area contributed by atoms with Crippen LogP contribution in [0.5, 0.6) is 0 Å². The van der Waals surface area contributed by atoms with Crippen LogP contribution in [0.2, 0.25) is 0 Å². The normalized spacial score (nSPS) is 27.6. The molecule has 0 spiro atoms. The number of ether oxygens (including phenoxy) is 2. The maximum absolute atomic E-state index is 12.3. The van der Waals surface area contributed by atoms with Crippen molar-refractivity contribution in [3.63, 3.8) is 0 Å². The van der Waals surface area contributed by atoms with E-state index in [0.717, 1.165) is 0 Å². The first-order valence-corrected chi connectivity index (χ1v) is 7.29. The molecule has 0 aromatic rings. The van der Waals surface area contributed by atoms with E-state index >= 15 is 0 Å². The smallest absolute Gasteiger partial charge is 0.356 e. The molecule has 1 rings (SSSR count). The van der Waals surface area contributed by atoms with Crippen molar-refractivity contribution in [3.05, 3.63) is 11.4 Å². The van der Waals surface area contributed by atoms with Crippen LogP contribution in [0, 0.1) is 0 Å². The first-order chi connectivity index (χ1) is 11.8. The molecule has 0 aromatic carbocycles. The number of aliphatic hydroxyl groups is 4. The highest BCUT2D eigenvalue weighted by atomic mass is 16.6. The molecule has 0 radical (unpaired) electrons. The third-order valence-corrected chi connectivity index (χ3v) is 3.30. The highest BCUT2D eigenvalue weighted by Crippen LogP contribution is 2.19. The SMILES string of the molecule is CCOC(=O)C(N)=C(N)C(=NCO)C(=O)NC1OC(CO)C(O)C1O. The van der Waals surface area contributed by atoms with Crippen LogP contribution in [0.4, 0.5) is 0 Å². The van der Waals surface area contributed by atoms with Gasteiger partial charge in [0.2, 0.25) is 0 Å². The number of aliphatic imine (C=N–C) groups is 1. The summed E-state index contributed by atoms with van der Waals surface area (Å²) in [6.07, 6.45) is -5.42. The van der Waals surface area contributed by atoms with E-state index in [1.165, 1.54) is 0 Å². The lowest BCUT2D eigenvalue weighted by molar-refractivity contribution is -0.138. The fourth-order valence-corrected chi connectivity index (χ4v) is 2.01. The molecule has 0 saturated carbocycles. The van der Waals surface area contributed by atoms with E-state index in [9.17, 15) is 19.8 Å². The number of hydrogen-bond donors (Lipinski definition) is 7. The van der Waals surface area contributed by atoms with Gasteiger partial charge in [0.15, 0.2) is 11.9 Å². The van der Waals surface area contributed by atoms with Gasteiger partial charge in [-0.05, 0) is 6.92 Å². The molecule has 1 aliphatic rings. The van der Waals surface area contributed by atoms with Crippen LogP contribution >= 0.6 is 0 Å². The monoisotopic (exact) mass is 362 g/mol. The Morgan fingerprint density at radius 2 is 1.84 bits per heavy atom. The number of nitrogens with one attached hydrogen (secondary N) is 1. The van der Waals surface area contributed by atoms with E-state index < -0.39 is 66.9 Å². The number of carbonyl (C=O) groups is 2. The number of amides is 1. The highest BCUT2D eigenvalue weighted by molar-refractivity contribution is 6.45. The number of carbonyl (C=O) groups excluding carboxylic acids is 2. The van der Waals surface area contributed by atoms with Crippen molar-refractivity contribution in [2.75, 3.05) is 19.9 Å². The van der Waals surface area contributed by atoms with Gasteiger partial charge in [-0.3, -0.25) is 4.79 Å². The maximum Gasteiger partial charge on any atom is 0.356 e. The lowest BCUT2D eigenvalue weighted by atomic mass is 10.1. The highest BCUT2D eigenvalue weighted by Gasteiger charge is 2.43. The topological polar surface area (TPSA) is 210 Å². The lowest BCUT2D eigenvalue weighted by Crippen LogP contribution is -2.47. The van der Waals surface area contributed by atoms with E-state index in [2.05, 4.69) is 15.0 Å². The molecule has 0 aliphatic carbocycles. The van der Waals surface area contributed by atoms with Crippen molar-refractivity contribution in [1.29, 1.82) is 0 Å². The Balaban J connectivity index is 2.97. The molecule has 4 atom stereocenters. The molecule has 142 valence electrons. The Bertz CT molecular complexity index is 564. The van der Waals surface area contributed by atoms with Crippen LogP contribution in [0.1, 0.15) is 6.92 Å². The van der Waals surface area contributed by atoms with Crippen LogP contribution in [0.25, 0.3) is 0 Å². The third-order valence-electron chi connectivity index (χ3n) is 3.30. The summed E-state index contributed by atoms with van der Waals surface area (Å²) in [6, 6.07) is 0. The fraction of sp³-hybridized carbons (Fsp3) is 0.615. The summed E-state index contributed by atoms with van der Waals surface area (Å²) in [5, 5.41) is 39.6. The zero-order chi connectivity index (χ0) is 19.1. The van der Waals surface area contributed by atoms with Crippen molar-refractivity contribution >= 4 is 17.6 Å². The zero-order valence-corrected chi connectivity index (χ0v) is 13.5. The van der Waals surface area contributed by atoms with Crippen LogP contribution in [-0.4, -0.2) is 82.5 Å². The Kier molecular flexibility index (Phi) is 7.73. The minimum atomic E-state index is -1.52. The fourth-order valence-electron chi connectivity index (χ4n) is 2.01. The number of nitrogens with zero attached hydrogens (tertiary/aromatic N) is 1. The quantitative estimate of drug-likeness (QED) is 0.131. The molecule has 0 aromatic heterocycles. The number of rotatable bonds is 7. The standard InChI is InChI=1S/C13H22N4O8/c1-2-24-13(23)7(15)6(14)8(16-4-19)11(22)17-12-10(21)9(20)5(3-18)25-12/h5,9-10,12,18-21H,2-4,14-15H2,1H3,(H,17,22). The second-order valence-corrected chi connectivity index (χ2v) is 4.93. The van der Waals surface area contributed by atoms with Gasteiger partial charge in [0.1, 0.15) is 30.7 Å². The molecule has 12 nitrogen and oxygen atoms in total. The van der Waals surface area contributed by atoms with Gasteiger partial charge >= 0.3 is 5.97 Å². The van der Waals surface area contributed by atoms with Gasteiger partial charge in [0, 0.05) is 0 Å². The summed E-state index contributed by atoms with van der Waals surface area (Å²) in [5.74, 6) is -2.01. The van der Waals surface area contributed by atoms with Crippen LogP contribution < -0.4 is 16.8 Å². The Labute approximate surface area is 142 Å². The van der Waals surface area contributed by atoms with E-state index in [0.29, 0.717) is 0 Å². The van der Waals surface area contributed by atoms with E-state index in [1.54, 1.807) is 6.92 Å². The Morgan fingerprint density at radius 3 is 2.32 bits per heavy atom. The maximum atomic E-state index is 12.3. The number of aliphatic hydroxyl groups excluding tert-OH is 4. The molecule has 9 N–H and O–H groups in total. The van der Waals surface area contributed by atoms with Gasteiger partial charge in [0.05, 0.1) is 18.9 Å². The molecule has 1 fully saturated rings. The second-order valence-electron chi connectivity index (χ2n) is 4.93. The minimum absolute atomic E-state index is 0.0219. The van der Waals surface area contributed by atoms with Gasteiger partial charge in [-0.15, -0.1) is 0 Å². The third kappa shape index (κ3) is 4.87. The lowest BCUT2D eigenvalue weighted by Gasteiger charge is -2.17. The molecule has 12 heteroatoms. The van der Waals surface area contributed by atoms with E-state index in [1.807, 2.05) is 0 Å². The number of esters is 1. The average molecular weight is 362 g/mol. The predicted molar refractivity (Wildman–Crippen MR) is 82.5 cm³/mol. The molecule has 1 heterocycles. The predicted octanol–water partition coefficient (Wildman–Crippen LogP) is -4.38. The average Bonchev–Trinajstić information content (AvgIpc) is 2.86. The zero-order valence-electron chi connectivity index (χ0n) is 13.5. The first kappa shape index (κ1) is 20.8. The van der Waals surface area contributed by atoms with Gasteiger partial charge < -0.3 is 46.7 Å². The molecule has 1 amide bonds.